The first kappa shape index (κ1) is 15.2. The zero-order chi connectivity index (χ0) is 14.3. The van der Waals surface area contributed by atoms with Crippen LogP contribution in [0.2, 0.25) is 0 Å². The van der Waals surface area contributed by atoms with Gasteiger partial charge in [-0.3, -0.25) is 0 Å². The van der Waals surface area contributed by atoms with Gasteiger partial charge in [-0.15, -0.1) is 0 Å². The lowest BCUT2D eigenvalue weighted by Gasteiger charge is -2.13. The quantitative estimate of drug-likeness (QED) is 0.450. The smallest absolute Gasteiger partial charge is 0.330 e. The van der Waals surface area contributed by atoms with E-state index in [1.165, 1.54) is 6.08 Å². The number of aryl methyl sites for hydroxylation is 2. The summed E-state index contributed by atoms with van der Waals surface area (Å²) in [4.78, 5) is 11.4. The van der Waals surface area contributed by atoms with Crippen LogP contribution in [0.15, 0.2) is 18.2 Å². The Morgan fingerprint density at radius 1 is 1.26 bits per heavy atom. The van der Waals surface area contributed by atoms with Crippen molar-refractivity contribution >= 4 is 12.0 Å². The number of esters is 1. The third-order valence-electron chi connectivity index (χ3n) is 2.60. The Labute approximate surface area is 114 Å². The maximum Gasteiger partial charge on any atom is 0.330 e. The molecule has 0 N–H and O–H groups in total. The van der Waals surface area contributed by atoms with Gasteiger partial charge in [-0.25, -0.2) is 4.79 Å². The third kappa shape index (κ3) is 4.41. The van der Waals surface area contributed by atoms with Crippen molar-refractivity contribution in [1.29, 1.82) is 0 Å². The monoisotopic (exact) mass is 264 g/mol. The molecule has 0 unspecified atom stereocenters. The highest BCUT2D eigenvalue weighted by Crippen LogP contribution is 2.28. The molecule has 0 saturated carbocycles. The summed E-state index contributed by atoms with van der Waals surface area (Å²) >= 11 is 0. The average Bonchev–Trinajstić information content (AvgIpc) is 2.38. The topological polar surface area (TPSA) is 44.8 Å². The number of ether oxygens (including phenoxy) is 3. The number of methoxy groups -OCH3 is 1. The van der Waals surface area contributed by atoms with Gasteiger partial charge in [0.15, 0.2) is 6.79 Å². The van der Waals surface area contributed by atoms with Gasteiger partial charge in [-0.05, 0) is 38.0 Å². The Morgan fingerprint density at radius 3 is 2.58 bits per heavy atom. The lowest BCUT2D eigenvalue weighted by Crippen LogP contribution is -2.03. The van der Waals surface area contributed by atoms with Crippen LogP contribution >= 0.6 is 0 Å². The largest absolute Gasteiger partial charge is 0.467 e. The molecular weight excluding hydrogens is 244 g/mol. The third-order valence-corrected chi connectivity index (χ3v) is 2.60. The van der Waals surface area contributed by atoms with Crippen molar-refractivity contribution in [3.63, 3.8) is 0 Å². The Balaban J connectivity index is 3.03. The van der Waals surface area contributed by atoms with Crippen LogP contribution in [0.5, 0.6) is 5.75 Å². The van der Waals surface area contributed by atoms with Crippen LogP contribution in [0, 0.1) is 13.8 Å². The number of benzene rings is 1. The van der Waals surface area contributed by atoms with E-state index in [4.69, 9.17) is 14.2 Å². The summed E-state index contributed by atoms with van der Waals surface area (Å²) in [5, 5.41) is 0. The van der Waals surface area contributed by atoms with Gasteiger partial charge in [0.25, 0.3) is 0 Å². The molecule has 19 heavy (non-hydrogen) atoms. The fourth-order valence-electron chi connectivity index (χ4n) is 1.67. The summed E-state index contributed by atoms with van der Waals surface area (Å²) in [6.45, 7) is 6.22. The molecule has 4 heteroatoms. The van der Waals surface area contributed by atoms with Crippen LogP contribution in [0.1, 0.15) is 23.6 Å². The first-order valence-electron chi connectivity index (χ1n) is 6.17. The average molecular weight is 264 g/mol. The molecule has 1 aromatic carbocycles. The highest BCUT2D eigenvalue weighted by atomic mass is 16.7. The molecule has 0 spiro atoms. The highest BCUT2D eigenvalue weighted by molar-refractivity contribution is 5.88. The summed E-state index contributed by atoms with van der Waals surface area (Å²) in [5.41, 5.74) is 2.88. The second-order valence-electron chi connectivity index (χ2n) is 4.08. The molecule has 0 fully saturated rings. The zero-order valence-corrected chi connectivity index (χ0v) is 11.9. The standard InChI is InChI=1S/C15H20O4/c1-5-18-14(16)9-8-13-11(2)6-7-12(3)15(13)19-10-17-4/h6-9H,5,10H2,1-4H3/b9-8+. The molecule has 0 atom stereocenters. The van der Waals surface area contributed by atoms with Crippen LogP contribution in [0.4, 0.5) is 0 Å². The van der Waals surface area contributed by atoms with Crippen molar-refractivity contribution in [3.05, 3.63) is 34.9 Å². The number of rotatable bonds is 6. The van der Waals surface area contributed by atoms with E-state index in [1.807, 2.05) is 26.0 Å². The minimum Gasteiger partial charge on any atom is -0.467 e. The molecule has 0 radical (unpaired) electrons. The minimum absolute atomic E-state index is 0.171. The van der Waals surface area contributed by atoms with E-state index < -0.39 is 0 Å². The first-order valence-corrected chi connectivity index (χ1v) is 6.17. The molecule has 0 aliphatic carbocycles. The van der Waals surface area contributed by atoms with Gasteiger partial charge in [0.2, 0.25) is 0 Å². The van der Waals surface area contributed by atoms with Gasteiger partial charge in [0.1, 0.15) is 5.75 Å². The second kappa shape index (κ2) is 7.59. The molecule has 0 heterocycles. The molecule has 0 aromatic heterocycles. The van der Waals surface area contributed by atoms with Crippen LogP contribution in [0.3, 0.4) is 0 Å². The summed E-state index contributed by atoms with van der Waals surface area (Å²) in [6.07, 6.45) is 3.12. The molecule has 0 bridgehead atoms. The highest BCUT2D eigenvalue weighted by Gasteiger charge is 2.08. The fraction of sp³-hybridized carbons (Fsp3) is 0.400. The van der Waals surface area contributed by atoms with Crippen LogP contribution in [0.25, 0.3) is 6.08 Å². The molecule has 0 aliphatic heterocycles. The first-order chi connectivity index (χ1) is 9.10. The van der Waals surface area contributed by atoms with Gasteiger partial charge < -0.3 is 14.2 Å². The van der Waals surface area contributed by atoms with Gasteiger partial charge in [0.05, 0.1) is 6.61 Å². The number of hydrogen-bond acceptors (Lipinski definition) is 4. The Morgan fingerprint density at radius 2 is 1.95 bits per heavy atom. The molecule has 0 amide bonds. The van der Waals surface area contributed by atoms with Crippen molar-refractivity contribution in [1.82, 2.24) is 0 Å². The van der Waals surface area contributed by atoms with E-state index in [9.17, 15) is 4.79 Å². The van der Waals surface area contributed by atoms with Crippen LogP contribution in [-0.2, 0) is 14.3 Å². The molecule has 1 aromatic rings. The lowest BCUT2D eigenvalue weighted by molar-refractivity contribution is -0.137. The zero-order valence-electron chi connectivity index (χ0n) is 11.9. The summed E-state index contributed by atoms with van der Waals surface area (Å²) in [5.74, 6) is 0.364. The second-order valence-corrected chi connectivity index (χ2v) is 4.08. The van der Waals surface area contributed by atoms with Gasteiger partial charge >= 0.3 is 5.97 Å². The predicted molar refractivity (Wildman–Crippen MR) is 74.1 cm³/mol. The van der Waals surface area contributed by atoms with Gasteiger partial charge in [-0.1, -0.05) is 12.1 Å². The Kier molecular flexibility index (Phi) is 6.09. The number of carbonyl (C=O) groups is 1. The maximum atomic E-state index is 11.4. The molecule has 4 nitrogen and oxygen atoms in total. The predicted octanol–water partition coefficient (Wildman–Crippen LogP) is 2.86. The van der Waals surface area contributed by atoms with Gasteiger partial charge in [-0.2, -0.15) is 0 Å². The van der Waals surface area contributed by atoms with E-state index in [0.717, 1.165) is 22.4 Å². The van der Waals surface area contributed by atoms with E-state index in [-0.39, 0.29) is 12.8 Å². The van der Waals surface area contributed by atoms with Crippen LogP contribution < -0.4 is 4.74 Å². The Hall–Kier alpha value is -1.81. The summed E-state index contributed by atoms with van der Waals surface area (Å²) in [7, 11) is 1.57. The number of carbonyl (C=O) groups excluding carboxylic acids is 1. The van der Waals surface area contributed by atoms with E-state index in [2.05, 4.69) is 0 Å². The molecule has 104 valence electrons. The fourth-order valence-corrected chi connectivity index (χ4v) is 1.67. The van der Waals surface area contributed by atoms with E-state index in [1.54, 1.807) is 20.1 Å². The van der Waals surface area contributed by atoms with Crippen molar-refractivity contribution in [3.8, 4) is 5.75 Å². The van der Waals surface area contributed by atoms with Crippen molar-refractivity contribution in [2.45, 2.75) is 20.8 Å². The Bertz CT molecular complexity index is 463. The van der Waals surface area contributed by atoms with Crippen LogP contribution in [-0.4, -0.2) is 26.5 Å². The lowest BCUT2D eigenvalue weighted by atomic mass is 10.0. The van der Waals surface area contributed by atoms with Gasteiger partial charge in [0, 0.05) is 18.7 Å². The summed E-state index contributed by atoms with van der Waals surface area (Å²) < 4.78 is 15.3. The maximum absolute atomic E-state index is 11.4. The van der Waals surface area contributed by atoms with E-state index >= 15 is 0 Å². The minimum atomic E-state index is -0.360. The van der Waals surface area contributed by atoms with Crippen molar-refractivity contribution < 1.29 is 19.0 Å². The van der Waals surface area contributed by atoms with E-state index in [0.29, 0.717) is 6.61 Å². The van der Waals surface area contributed by atoms with Crippen molar-refractivity contribution in [2.24, 2.45) is 0 Å². The molecule has 1 rings (SSSR count). The summed E-state index contributed by atoms with van der Waals surface area (Å²) in [6, 6.07) is 3.96. The normalized spacial score (nSPS) is 10.7. The molecule has 0 saturated heterocycles. The van der Waals surface area contributed by atoms with Crippen molar-refractivity contribution in [2.75, 3.05) is 20.5 Å². The SMILES string of the molecule is CCOC(=O)/C=C/c1c(C)ccc(C)c1OCOC. The number of hydrogen-bond donors (Lipinski definition) is 0. The molecule has 0 aliphatic rings. The molecular formula is C15H20O4.